The minimum absolute atomic E-state index is 0.0348. The van der Waals surface area contributed by atoms with Crippen LogP contribution in [0.5, 0.6) is 0 Å². The molecule has 9 heteroatoms. The van der Waals surface area contributed by atoms with Crippen LogP contribution < -0.4 is 5.56 Å². The van der Waals surface area contributed by atoms with Crippen molar-refractivity contribution >= 4 is 5.91 Å². The third-order valence-electron chi connectivity index (χ3n) is 6.19. The summed E-state index contributed by atoms with van der Waals surface area (Å²) in [7, 11) is 1.90. The predicted molar refractivity (Wildman–Crippen MR) is 114 cm³/mol. The van der Waals surface area contributed by atoms with Gasteiger partial charge in [0, 0.05) is 58.1 Å². The quantitative estimate of drug-likeness (QED) is 0.701. The third kappa shape index (κ3) is 4.32. The van der Waals surface area contributed by atoms with Crippen molar-refractivity contribution in [1.82, 2.24) is 34.3 Å². The van der Waals surface area contributed by atoms with E-state index in [1.165, 1.54) is 4.68 Å². The number of carbonyl (C=O) groups excluding carboxylic acids is 1. The second kappa shape index (κ2) is 8.69. The summed E-state index contributed by atoms with van der Waals surface area (Å²) >= 11 is 0. The molecule has 0 aromatic carbocycles. The Morgan fingerprint density at radius 3 is 2.47 bits per heavy atom. The minimum atomic E-state index is -0.102. The Kier molecular flexibility index (Phi) is 6.01. The molecule has 2 aromatic heterocycles. The number of piperazine rings is 1. The van der Waals surface area contributed by atoms with Gasteiger partial charge in [-0.2, -0.15) is 5.10 Å². The van der Waals surface area contributed by atoms with Crippen LogP contribution in [-0.2, 0) is 11.3 Å². The van der Waals surface area contributed by atoms with E-state index >= 15 is 0 Å². The number of hydrogen-bond donors (Lipinski definition) is 0. The molecule has 9 nitrogen and oxygen atoms in total. The minimum Gasteiger partial charge on any atom is -0.344 e. The number of amides is 1. The molecule has 1 unspecified atom stereocenters. The number of likely N-dealkylation sites (N-methyl/N-ethyl adjacent to an activating group) is 1. The highest BCUT2D eigenvalue weighted by Gasteiger charge is 2.33. The van der Waals surface area contributed by atoms with Crippen molar-refractivity contribution in [2.45, 2.75) is 39.3 Å². The first-order chi connectivity index (χ1) is 14.4. The molecule has 162 valence electrons. The molecule has 0 saturated carbocycles. The molecule has 0 radical (unpaired) electrons. The summed E-state index contributed by atoms with van der Waals surface area (Å²) in [6.07, 6.45) is 2.04. The molecule has 4 heterocycles. The molecule has 0 aliphatic carbocycles. The highest BCUT2D eigenvalue weighted by molar-refractivity contribution is 5.82. The van der Waals surface area contributed by atoms with Crippen LogP contribution in [0.1, 0.15) is 24.2 Å². The van der Waals surface area contributed by atoms with Gasteiger partial charge in [-0.1, -0.05) is 0 Å². The lowest BCUT2D eigenvalue weighted by atomic mass is 10.0. The zero-order chi connectivity index (χ0) is 21.3. The summed E-state index contributed by atoms with van der Waals surface area (Å²) in [5.41, 5.74) is 1.81. The highest BCUT2D eigenvalue weighted by Crippen LogP contribution is 2.18. The molecule has 2 aromatic rings. The third-order valence-corrected chi connectivity index (χ3v) is 6.19. The summed E-state index contributed by atoms with van der Waals surface area (Å²) in [6, 6.07) is 5.30. The van der Waals surface area contributed by atoms with Crippen molar-refractivity contribution < 1.29 is 4.79 Å². The van der Waals surface area contributed by atoms with Crippen LogP contribution in [-0.4, -0.2) is 92.5 Å². The maximum atomic E-state index is 12.4. The van der Waals surface area contributed by atoms with Crippen molar-refractivity contribution in [3.63, 3.8) is 0 Å². The lowest BCUT2D eigenvalue weighted by Crippen LogP contribution is -2.57. The zero-order valence-corrected chi connectivity index (χ0v) is 18.1. The molecule has 2 saturated heterocycles. The summed E-state index contributed by atoms with van der Waals surface area (Å²) in [4.78, 5) is 31.3. The van der Waals surface area contributed by atoms with E-state index in [2.05, 4.69) is 20.0 Å². The number of aryl methyl sites for hydroxylation is 2. The Bertz CT molecular complexity index is 959. The van der Waals surface area contributed by atoms with Gasteiger partial charge in [-0.3, -0.25) is 19.4 Å². The first-order valence-corrected chi connectivity index (χ1v) is 10.8. The van der Waals surface area contributed by atoms with Gasteiger partial charge in [-0.25, -0.2) is 9.36 Å². The van der Waals surface area contributed by atoms with Gasteiger partial charge in [0.05, 0.1) is 18.3 Å². The van der Waals surface area contributed by atoms with E-state index in [0.29, 0.717) is 12.4 Å². The molecule has 1 amide bonds. The highest BCUT2D eigenvalue weighted by atomic mass is 16.2. The number of carbonyl (C=O) groups is 1. The van der Waals surface area contributed by atoms with E-state index in [9.17, 15) is 9.59 Å². The smallest absolute Gasteiger partial charge is 0.266 e. The van der Waals surface area contributed by atoms with Crippen molar-refractivity contribution in [3.05, 3.63) is 39.9 Å². The Morgan fingerprint density at radius 1 is 1.00 bits per heavy atom. The molecule has 2 fully saturated rings. The lowest BCUT2D eigenvalue weighted by Gasteiger charge is -2.41. The number of nitrogens with zero attached hydrogens (tertiary/aromatic N) is 7. The molecule has 0 N–H and O–H groups in total. The van der Waals surface area contributed by atoms with Crippen LogP contribution in [0.2, 0.25) is 0 Å². The molecular weight excluding hydrogens is 382 g/mol. The van der Waals surface area contributed by atoms with Crippen molar-refractivity contribution in [2.24, 2.45) is 0 Å². The monoisotopic (exact) mass is 413 g/mol. The second-order valence-electron chi connectivity index (χ2n) is 8.39. The van der Waals surface area contributed by atoms with E-state index in [1.54, 1.807) is 16.8 Å². The maximum absolute atomic E-state index is 12.4. The van der Waals surface area contributed by atoms with Crippen LogP contribution in [0.4, 0.5) is 0 Å². The first kappa shape index (κ1) is 20.7. The van der Waals surface area contributed by atoms with Crippen LogP contribution in [0.3, 0.4) is 0 Å². The average molecular weight is 414 g/mol. The number of likely N-dealkylation sites (tertiary alicyclic amines) is 1. The van der Waals surface area contributed by atoms with Gasteiger partial charge >= 0.3 is 0 Å². The van der Waals surface area contributed by atoms with Gasteiger partial charge in [-0.15, -0.1) is 5.10 Å². The number of hydrogen-bond acceptors (Lipinski definition) is 6. The molecule has 2 aliphatic heterocycles. The van der Waals surface area contributed by atoms with Crippen LogP contribution in [0, 0.1) is 13.8 Å². The molecule has 4 rings (SSSR count). The van der Waals surface area contributed by atoms with Crippen molar-refractivity contribution in [3.8, 4) is 5.82 Å². The SMILES string of the molecule is Cc1cc(C)n(-c2ccc(=O)n(CCN3CCN(C4CCCN(C)C4=O)CC3)n2)n1. The first-order valence-electron chi connectivity index (χ1n) is 10.8. The number of rotatable bonds is 5. The standard InChI is InChI=1S/C21H31N7O2/c1-16-15-17(2)28(22-16)19-6-7-20(29)27(23-19)14-11-25-9-12-26(13-10-25)18-5-4-8-24(3)21(18)30/h6-7,15,18H,4-5,8-14H2,1-3H3. The molecule has 2 aliphatic rings. The van der Waals surface area contributed by atoms with E-state index in [4.69, 9.17) is 0 Å². The number of piperidine rings is 1. The Morgan fingerprint density at radius 2 is 1.77 bits per heavy atom. The van der Waals surface area contributed by atoms with E-state index in [0.717, 1.165) is 63.5 Å². The van der Waals surface area contributed by atoms with Gasteiger partial charge in [0.15, 0.2) is 5.82 Å². The van der Waals surface area contributed by atoms with Crippen molar-refractivity contribution in [2.75, 3.05) is 46.3 Å². The van der Waals surface area contributed by atoms with Gasteiger partial charge in [0.2, 0.25) is 5.91 Å². The fourth-order valence-electron chi connectivity index (χ4n) is 4.46. The molecular formula is C21H31N7O2. The van der Waals surface area contributed by atoms with E-state index in [-0.39, 0.29) is 17.5 Å². The molecule has 1 atom stereocenters. The summed E-state index contributed by atoms with van der Waals surface area (Å²) in [6.45, 7) is 9.67. The molecule has 30 heavy (non-hydrogen) atoms. The van der Waals surface area contributed by atoms with Crippen LogP contribution in [0.15, 0.2) is 23.0 Å². The van der Waals surface area contributed by atoms with Gasteiger partial charge in [0.25, 0.3) is 5.56 Å². The van der Waals surface area contributed by atoms with Gasteiger partial charge in [-0.05, 0) is 38.8 Å². The Labute approximate surface area is 176 Å². The Hall–Kier alpha value is -2.52. The van der Waals surface area contributed by atoms with Crippen LogP contribution in [0.25, 0.3) is 5.82 Å². The fourth-order valence-corrected chi connectivity index (χ4v) is 4.46. The predicted octanol–water partition coefficient (Wildman–Crippen LogP) is 0.284. The maximum Gasteiger partial charge on any atom is 0.266 e. The summed E-state index contributed by atoms with van der Waals surface area (Å²) in [5.74, 6) is 0.913. The Balaban J connectivity index is 1.35. The van der Waals surface area contributed by atoms with Crippen molar-refractivity contribution in [1.29, 1.82) is 0 Å². The largest absolute Gasteiger partial charge is 0.344 e. The summed E-state index contributed by atoms with van der Waals surface area (Å²) in [5, 5.41) is 8.98. The van der Waals surface area contributed by atoms with E-state index < -0.39 is 0 Å². The van der Waals surface area contributed by atoms with Gasteiger partial charge < -0.3 is 4.90 Å². The zero-order valence-electron chi connectivity index (χ0n) is 18.1. The molecule has 0 spiro atoms. The summed E-state index contributed by atoms with van der Waals surface area (Å²) < 4.78 is 3.29. The number of aromatic nitrogens is 4. The fraction of sp³-hybridized carbons (Fsp3) is 0.619. The lowest BCUT2D eigenvalue weighted by molar-refractivity contribution is -0.139. The normalized spacial score (nSPS) is 21.4. The topological polar surface area (TPSA) is 79.5 Å². The van der Waals surface area contributed by atoms with Crippen LogP contribution >= 0.6 is 0 Å². The second-order valence-corrected chi connectivity index (χ2v) is 8.39. The van der Waals surface area contributed by atoms with E-state index in [1.807, 2.05) is 31.9 Å². The molecule has 0 bridgehead atoms. The van der Waals surface area contributed by atoms with Gasteiger partial charge in [0.1, 0.15) is 0 Å². The average Bonchev–Trinajstić information content (AvgIpc) is 3.08.